The van der Waals surface area contributed by atoms with Gasteiger partial charge in [0.05, 0.1) is 5.56 Å². The summed E-state index contributed by atoms with van der Waals surface area (Å²) in [6.45, 7) is 5.66. The van der Waals surface area contributed by atoms with Crippen LogP contribution in [-0.2, 0) is 0 Å². The fourth-order valence-corrected chi connectivity index (χ4v) is 4.26. The minimum atomic E-state index is -0.440. The van der Waals surface area contributed by atoms with Crippen LogP contribution in [0.5, 0.6) is 0 Å². The largest absolute Gasteiger partial charge is 0.338 e. The minimum Gasteiger partial charge on any atom is -0.338 e. The van der Waals surface area contributed by atoms with Crippen LogP contribution in [0.4, 0.5) is 4.39 Å². The summed E-state index contributed by atoms with van der Waals surface area (Å²) < 4.78 is 13.8. The predicted octanol–water partition coefficient (Wildman–Crippen LogP) is 4.15. The maximum Gasteiger partial charge on any atom is 0.256 e. The zero-order valence-electron chi connectivity index (χ0n) is 14.1. The van der Waals surface area contributed by atoms with Gasteiger partial charge in [0.2, 0.25) is 0 Å². The fourth-order valence-electron chi connectivity index (χ4n) is 3.31. The molecule has 1 aliphatic rings. The third kappa shape index (κ3) is 3.68. The predicted molar refractivity (Wildman–Crippen MR) is 95.9 cm³/mol. The maximum absolute atomic E-state index is 13.8. The van der Waals surface area contributed by atoms with Gasteiger partial charge in [-0.2, -0.15) is 0 Å². The van der Waals surface area contributed by atoms with E-state index in [0.717, 1.165) is 12.8 Å². The molecular formula is C19H23FN2OS. The van der Waals surface area contributed by atoms with Gasteiger partial charge in [-0.15, -0.1) is 11.3 Å². The Kier molecular flexibility index (Phi) is 5.31. The SMILES string of the molecule is Cc1ccsc1[C@@H](C)NC1CCN(C(=O)c2ccccc2F)CC1. The van der Waals surface area contributed by atoms with E-state index in [4.69, 9.17) is 0 Å². The van der Waals surface area contributed by atoms with Crippen molar-refractivity contribution in [1.82, 2.24) is 10.2 Å². The zero-order chi connectivity index (χ0) is 17.1. The van der Waals surface area contributed by atoms with E-state index in [-0.39, 0.29) is 11.5 Å². The smallest absolute Gasteiger partial charge is 0.256 e. The standard InChI is InChI=1S/C19H23FN2OS/c1-13-9-12-24-18(13)14(2)21-15-7-10-22(11-8-15)19(23)16-5-3-4-6-17(16)20/h3-6,9,12,14-15,21H,7-8,10-11H2,1-2H3/t14-/m1/s1. The minimum absolute atomic E-state index is 0.173. The molecule has 1 fully saturated rings. The first kappa shape index (κ1) is 17.1. The molecule has 0 unspecified atom stereocenters. The lowest BCUT2D eigenvalue weighted by atomic mass is 10.0. The van der Waals surface area contributed by atoms with Crippen molar-refractivity contribution in [2.24, 2.45) is 0 Å². The summed E-state index contributed by atoms with van der Waals surface area (Å²) in [7, 11) is 0. The van der Waals surface area contributed by atoms with Gasteiger partial charge in [0.1, 0.15) is 5.82 Å². The molecule has 1 N–H and O–H groups in total. The van der Waals surface area contributed by atoms with Crippen LogP contribution in [0, 0.1) is 12.7 Å². The van der Waals surface area contributed by atoms with Crippen LogP contribution < -0.4 is 5.32 Å². The number of carbonyl (C=O) groups excluding carboxylic acids is 1. The van der Waals surface area contributed by atoms with Crippen molar-refractivity contribution < 1.29 is 9.18 Å². The number of carbonyl (C=O) groups is 1. The molecule has 24 heavy (non-hydrogen) atoms. The molecule has 1 aliphatic heterocycles. The Morgan fingerprint density at radius 2 is 2.00 bits per heavy atom. The Morgan fingerprint density at radius 3 is 2.62 bits per heavy atom. The summed E-state index contributed by atoms with van der Waals surface area (Å²) in [5.41, 5.74) is 1.50. The van der Waals surface area contributed by atoms with Crippen molar-refractivity contribution in [3.8, 4) is 0 Å². The summed E-state index contributed by atoms with van der Waals surface area (Å²) >= 11 is 1.78. The Morgan fingerprint density at radius 1 is 1.29 bits per heavy atom. The van der Waals surface area contributed by atoms with Crippen molar-refractivity contribution >= 4 is 17.2 Å². The number of hydrogen-bond donors (Lipinski definition) is 1. The van der Waals surface area contributed by atoms with E-state index in [1.165, 1.54) is 16.5 Å². The number of rotatable bonds is 4. The number of amides is 1. The maximum atomic E-state index is 13.8. The highest BCUT2D eigenvalue weighted by molar-refractivity contribution is 7.10. The molecule has 1 aromatic carbocycles. The normalized spacial score (nSPS) is 17.0. The highest BCUT2D eigenvalue weighted by Crippen LogP contribution is 2.25. The van der Waals surface area contributed by atoms with Gasteiger partial charge in [-0.3, -0.25) is 4.79 Å². The molecule has 1 saturated heterocycles. The number of halogens is 1. The number of nitrogens with one attached hydrogen (secondary N) is 1. The molecule has 0 aliphatic carbocycles. The summed E-state index contributed by atoms with van der Waals surface area (Å²) in [5.74, 6) is -0.641. The van der Waals surface area contributed by atoms with Crippen molar-refractivity contribution in [2.75, 3.05) is 13.1 Å². The highest BCUT2D eigenvalue weighted by atomic mass is 32.1. The second-order valence-corrected chi connectivity index (χ2v) is 7.35. The van der Waals surface area contributed by atoms with Gasteiger partial charge in [-0.1, -0.05) is 12.1 Å². The Bertz CT molecular complexity index is 707. The van der Waals surface area contributed by atoms with Crippen molar-refractivity contribution in [1.29, 1.82) is 0 Å². The summed E-state index contributed by atoms with van der Waals surface area (Å²) in [6, 6.07) is 9.07. The third-order valence-corrected chi connectivity index (χ3v) is 5.87. The van der Waals surface area contributed by atoms with Crippen molar-refractivity contribution in [3.63, 3.8) is 0 Å². The molecule has 1 amide bonds. The van der Waals surface area contributed by atoms with Crippen LogP contribution >= 0.6 is 11.3 Å². The van der Waals surface area contributed by atoms with E-state index >= 15 is 0 Å². The van der Waals surface area contributed by atoms with Gasteiger partial charge in [-0.05, 0) is 55.8 Å². The lowest BCUT2D eigenvalue weighted by Crippen LogP contribution is -2.45. The van der Waals surface area contributed by atoms with E-state index in [2.05, 4.69) is 30.6 Å². The number of likely N-dealkylation sites (tertiary alicyclic amines) is 1. The van der Waals surface area contributed by atoms with Crippen LogP contribution in [0.2, 0.25) is 0 Å². The topological polar surface area (TPSA) is 32.3 Å². The quantitative estimate of drug-likeness (QED) is 0.902. The van der Waals surface area contributed by atoms with E-state index < -0.39 is 5.82 Å². The Hall–Kier alpha value is -1.72. The summed E-state index contributed by atoms with van der Waals surface area (Å²) in [4.78, 5) is 15.6. The second kappa shape index (κ2) is 7.45. The number of aryl methyl sites for hydroxylation is 1. The molecule has 2 heterocycles. The molecule has 0 radical (unpaired) electrons. The van der Waals surface area contributed by atoms with Gasteiger partial charge in [-0.25, -0.2) is 4.39 Å². The second-order valence-electron chi connectivity index (χ2n) is 6.40. The van der Waals surface area contributed by atoms with Gasteiger partial charge >= 0.3 is 0 Å². The molecule has 5 heteroatoms. The molecule has 0 saturated carbocycles. The first-order valence-corrected chi connectivity index (χ1v) is 9.28. The van der Waals surface area contributed by atoms with Gasteiger partial charge < -0.3 is 10.2 Å². The number of nitrogens with zero attached hydrogens (tertiary/aromatic N) is 1. The van der Waals surface area contributed by atoms with Crippen molar-refractivity contribution in [2.45, 2.75) is 38.8 Å². The van der Waals surface area contributed by atoms with Crippen LogP contribution in [-0.4, -0.2) is 29.9 Å². The van der Waals surface area contributed by atoms with Gasteiger partial charge in [0.25, 0.3) is 5.91 Å². The van der Waals surface area contributed by atoms with Crippen LogP contribution in [0.3, 0.4) is 0 Å². The number of hydrogen-bond acceptors (Lipinski definition) is 3. The van der Waals surface area contributed by atoms with Crippen LogP contribution in [0.15, 0.2) is 35.7 Å². The lowest BCUT2D eigenvalue weighted by Gasteiger charge is -2.34. The summed E-state index contributed by atoms with van der Waals surface area (Å²) in [5, 5.41) is 5.79. The average Bonchev–Trinajstić information content (AvgIpc) is 3.01. The first-order chi connectivity index (χ1) is 11.6. The van der Waals surface area contributed by atoms with Crippen LogP contribution in [0.25, 0.3) is 0 Å². The molecule has 1 atom stereocenters. The van der Waals surface area contributed by atoms with Crippen LogP contribution in [0.1, 0.15) is 46.6 Å². The molecule has 128 valence electrons. The van der Waals surface area contributed by atoms with E-state index in [9.17, 15) is 9.18 Å². The Balaban J connectivity index is 1.55. The lowest BCUT2D eigenvalue weighted by molar-refractivity contribution is 0.0698. The third-order valence-electron chi connectivity index (χ3n) is 4.67. The fraction of sp³-hybridized carbons (Fsp3) is 0.421. The summed E-state index contributed by atoms with van der Waals surface area (Å²) in [6.07, 6.45) is 1.80. The monoisotopic (exact) mass is 346 g/mol. The number of piperidine rings is 1. The average molecular weight is 346 g/mol. The molecule has 3 rings (SSSR count). The zero-order valence-corrected chi connectivity index (χ0v) is 14.9. The van der Waals surface area contributed by atoms with E-state index in [1.807, 2.05) is 0 Å². The molecule has 0 spiro atoms. The molecule has 0 bridgehead atoms. The molecule has 1 aromatic heterocycles. The number of thiophene rings is 1. The molecule has 3 nitrogen and oxygen atoms in total. The van der Waals surface area contributed by atoms with Gasteiger partial charge in [0, 0.05) is 30.1 Å². The molecular weight excluding hydrogens is 323 g/mol. The highest BCUT2D eigenvalue weighted by Gasteiger charge is 2.26. The van der Waals surface area contributed by atoms with E-state index in [1.54, 1.807) is 34.4 Å². The van der Waals surface area contributed by atoms with E-state index in [0.29, 0.717) is 25.2 Å². The first-order valence-electron chi connectivity index (χ1n) is 8.40. The van der Waals surface area contributed by atoms with Crippen molar-refractivity contribution in [3.05, 3.63) is 57.5 Å². The molecule has 2 aromatic rings. The Labute approximate surface area is 146 Å². The van der Waals surface area contributed by atoms with Gasteiger partial charge in [0.15, 0.2) is 0 Å². The number of benzene rings is 1.